The van der Waals surface area contributed by atoms with E-state index in [1.807, 2.05) is 18.7 Å². The third-order valence-corrected chi connectivity index (χ3v) is 9.09. The number of nitrogens with one attached hydrogen (secondary N) is 2. The van der Waals surface area contributed by atoms with Crippen molar-refractivity contribution < 1.29 is 9.28 Å². The summed E-state index contributed by atoms with van der Waals surface area (Å²) in [6, 6.07) is 6.43. The third kappa shape index (κ3) is 4.88. The first-order chi connectivity index (χ1) is 15.3. The van der Waals surface area contributed by atoms with Crippen LogP contribution in [-0.2, 0) is 11.2 Å². The van der Waals surface area contributed by atoms with Crippen LogP contribution < -0.4 is 5.32 Å². The number of unbranched alkanes of at least 4 members (excludes halogenated alkanes) is 1. The summed E-state index contributed by atoms with van der Waals surface area (Å²) in [6.45, 7) is 7.23. The Labute approximate surface area is 192 Å². The summed E-state index contributed by atoms with van der Waals surface area (Å²) in [4.78, 5) is 19.2. The highest BCUT2D eigenvalue weighted by Gasteiger charge is 2.48. The van der Waals surface area contributed by atoms with Crippen molar-refractivity contribution in [3.05, 3.63) is 45.8 Å². The molecule has 3 heterocycles. The number of hydrogen-bond acceptors (Lipinski definition) is 4. The molecule has 8 heteroatoms. The number of likely N-dealkylation sites (N-methyl/N-ethyl adjacent to an activating group) is 1. The maximum absolute atomic E-state index is 15.2. The Morgan fingerprint density at radius 1 is 1.31 bits per heavy atom. The van der Waals surface area contributed by atoms with Crippen molar-refractivity contribution in [2.24, 2.45) is 0 Å². The van der Waals surface area contributed by atoms with Gasteiger partial charge in [0.05, 0.1) is 4.91 Å². The summed E-state index contributed by atoms with van der Waals surface area (Å²) in [5, 5.41) is 8.02. The number of halogens is 1. The fraction of sp³-hybridized carbons (Fsp3) is 0.542. The number of hydrazine groups is 1. The normalized spacial score (nSPS) is 24.9. The number of benzene rings is 1. The first kappa shape index (κ1) is 23.3. The molecule has 2 aromatic rings. The summed E-state index contributed by atoms with van der Waals surface area (Å²) in [7, 11) is 0.119. The quantitative estimate of drug-likeness (QED) is 0.549. The standard InChI is InChI=1S/C24H36FN5OS/c1-5-6-7-20(15-19-16-26-22-9-8-18(2)14-21(19)22)27-24(31)23-17-32(23,4)30(25)29-12-10-28(3)11-13-29/h8-9,14,16-17,20,26H,5-7,10-13,15H2,1-4H3,(H,27,31). The average molecular weight is 462 g/mol. The monoisotopic (exact) mass is 461 g/mol. The summed E-state index contributed by atoms with van der Waals surface area (Å²) >= 11 is 0. The van der Waals surface area contributed by atoms with Crippen LogP contribution in [0.1, 0.15) is 37.3 Å². The highest BCUT2D eigenvalue weighted by atomic mass is 32.3. The van der Waals surface area contributed by atoms with E-state index in [9.17, 15) is 4.79 Å². The number of H-pyrrole nitrogens is 1. The van der Waals surface area contributed by atoms with Gasteiger partial charge in [0, 0.05) is 49.3 Å². The van der Waals surface area contributed by atoms with Gasteiger partial charge in [-0.2, -0.15) is 0 Å². The predicted molar refractivity (Wildman–Crippen MR) is 132 cm³/mol. The highest BCUT2D eigenvalue weighted by Crippen LogP contribution is 2.70. The summed E-state index contributed by atoms with van der Waals surface area (Å²) in [6.07, 6.45) is 7.73. The van der Waals surface area contributed by atoms with Gasteiger partial charge in [0.2, 0.25) is 0 Å². The molecule has 32 heavy (non-hydrogen) atoms. The Bertz CT molecular complexity index is 999. The van der Waals surface area contributed by atoms with E-state index in [0.29, 0.717) is 18.0 Å². The number of piperazine rings is 1. The van der Waals surface area contributed by atoms with Gasteiger partial charge < -0.3 is 15.2 Å². The van der Waals surface area contributed by atoms with Crippen LogP contribution >= 0.6 is 10.2 Å². The summed E-state index contributed by atoms with van der Waals surface area (Å²) < 4.78 is 16.0. The molecule has 0 aliphatic carbocycles. The molecule has 0 spiro atoms. The lowest BCUT2D eigenvalue weighted by Gasteiger charge is -2.39. The van der Waals surface area contributed by atoms with Crippen LogP contribution in [0.15, 0.2) is 34.7 Å². The molecule has 2 N–H and O–H groups in total. The fourth-order valence-corrected chi connectivity index (χ4v) is 6.62. The molecule has 1 aromatic carbocycles. The highest BCUT2D eigenvalue weighted by molar-refractivity contribution is 8.42. The van der Waals surface area contributed by atoms with Crippen LogP contribution in [0.25, 0.3) is 10.9 Å². The largest absolute Gasteiger partial charge is 0.361 e. The zero-order valence-electron chi connectivity index (χ0n) is 19.7. The lowest BCUT2D eigenvalue weighted by molar-refractivity contribution is -0.117. The molecular weight excluding hydrogens is 425 g/mol. The van der Waals surface area contributed by atoms with Gasteiger partial charge >= 0.3 is 0 Å². The Balaban J connectivity index is 1.41. The number of fused-ring (bicyclic) bond motifs is 1. The van der Waals surface area contributed by atoms with E-state index >= 15 is 4.48 Å². The second-order valence-corrected chi connectivity index (χ2v) is 12.1. The van der Waals surface area contributed by atoms with Gasteiger partial charge in [-0.05, 0) is 60.8 Å². The smallest absolute Gasteiger partial charge is 0.258 e. The first-order valence-electron chi connectivity index (χ1n) is 11.6. The molecule has 0 bridgehead atoms. The Hall–Kier alpha value is -1.87. The van der Waals surface area contributed by atoms with Crippen LogP contribution in [0, 0.1) is 6.92 Å². The SMILES string of the molecule is CCCCC(Cc1c[nH]c2ccc(C)cc12)NC(=O)C1=CS1(C)N(F)N1CCN(C)CC1. The van der Waals surface area contributed by atoms with Gasteiger partial charge in [-0.25, -0.2) is 5.01 Å². The molecule has 2 unspecified atom stereocenters. The molecular formula is C24H36FN5OS. The predicted octanol–water partition coefficient (Wildman–Crippen LogP) is 4.25. The van der Waals surface area contributed by atoms with Crippen molar-refractivity contribution in [2.45, 2.75) is 45.6 Å². The number of rotatable bonds is 9. The van der Waals surface area contributed by atoms with E-state index in [-0.39, 0.29) is 11.9 Å². The van der Waals surface area contributed by atoms with Crippen molar-refractivity contribution in [1.29, 1.82) is 0 Å². The van der Waals surface area contributed by atoms with Crippen LogP contribution in [0.5, 0.6) is 0 Å². The van der Waals surface area contributed by atoms with Gasteiger partial charge in [0.25, 0.3) is 5.91 Å². The van der Waals surface area contributed by atoms with E-state index in [1.165, 1.54) is 16.5 Å². The van der Waals surface area contributed by atoms with E-state index in [0.717, 1.165) is 48.9 Å². The van der Waals surface area contributed by atoms with Gasteiger partial charge in [-0.15, -0.1) is 4.48 Å². The van der Waals surface area contributed by atoms with E-state index < -0.39 is 10.2 Å². The third-order valence-electron chi connectivity index (χ3n) is 6.59. The van der Waals surface area contributed by atoms with Crippen LogP contribution in [0.3, 0.4) is 0 Å². The van der Waals surface area contributed by atoms with E-state index in [2.05, 4.69) is 53.4 Å². The maximum atomic E-state index is 15.2. The molecule has 1 fully saturated rings. The molecule has 2 aliphatic heterocycles. The Morgan fingerprint density at radius 3 is 2.78 bits per heavy atom. The molecule has 0 saturated carbocycles. The van der Waals surface area contributed by atoms with Gasteiger partial charge in [-0.3, -0.25) is 4.79 Å². The van der Waals surface area contributed by atoms with Crippen molar-refractivity contribution >= 4 is 27.0 Å². The minimum atomic E-state index is -1.93. The number of aryl methyl sites for hydroxylation is 1. The van der Waals surface area contributed by atoms with Crippen LogP contribution in [0.4, 0.5) is 4.48 Å². The minimum absolute atomic E-state index is 0.0313. The van der Waals surface area contributed by atoms with Crippen molar-refractivity contribution in [2.75, 3.05) is 39.5 Å². The number of aromatic nitrogens is 1. The summed E-state index contributed by atoms with van der Waals surface area (Å²) in [5.41, 5.74) is 3.56. The molecule has 4 rings (SSSR count). The average Bonchev–Trinajstić information content (AvgIpc) is 3.34. The summed E-state index contributed by atoms with van der Waals surface area (Å²) in [5.74, 6) is -0.114. The first-order valence-corrected chi connectivity index (χ1v) is 13.6. The van der Waals surface area contributed by atoms with Crippen molar-refractivity contribution in [3.8, 4) is 0 Å². The second kappa shape index (κ2) is 9.55. The number of carbonyl (C=O) groups is 1. The number of amides is 1. The molecule has 6 nitrogen and oxygen atoms in total. The zero-order valence-corrected chi connectivity index (χ0v) is 20.5. The second-order valence-electron chi connectivity index (χ2n) is 9.28. The topological polar surface area (TPSA) is 54.6 Å². The number of carbonyl (C=O) groups excluding carboxylic acids is 1. The molecule has 0 radical (unpaired) electrons. The molecule has 1 amide bonds. The van der Waals surface area contributed by atoms with Crippen molar-refractivity contribution in [3.63, 3.8) is 0 Å². The zero-order chi connectivity index (χ0) is 22.9. The lowest BCUT2D eigenvalue weighted by Crippen LogP contribution is -2.49. The molecule has 1 aromatic heterocycles. The van der Waals surface area contributed by atoms with Gasteiger partial charge in [0.15, 0.2) is 0 Å². The number of nitrogens with zero attached hydrogens (tertiary/aromatic N) is 3. The van der Waals surface area contributed by atoms with Crippen molar-refractivity contribution in [1.82, 2.24) is 24.8 Å². The molecule has 2 aliphatic rings. The van der Waals surface area contributed by atoms with Crippen LogP contribution in [-0.4, -0.2) is 71.0 Å². The maximum Gasteiger partial charge on any atom is 0.258 e. The number of hydrogen-bond donors (Lipinski definition) is 2. The van der Waals surface area contributed by atoms with E-state index in [1.54, 1.807) is 5.01 Å². The van der Waals surface area contributed by atoms with Gasteiger partial charge in [0.1, 0.15) is 0 Å². The molecule has 1 saturated heterocycles. The number of aromatic amines is 1. The van der Waals surface area contributed by atoms with E-state index in [4.69, 9.17) is 0 Å². The fourth-order valence-electron chi connectivity index (χ4n) is 4.40. The Morgan fingerprint density at radius 2 is 2.06 bits per heavy atom. The minimum Gasteiger partial charge on any atom is -0.361 e. The van der Waals surface area contributed by atoms with Gasteiger partial charge in [-0.1, -0.05) is 41.6 Å². The molecule has 176 valence electrons. The molecule has 2 atom stereocenters. The lowest BCUT2D eigenvalue weighted by atomic mass is 9.99. The Kier molecular flexibility index (Phi) is 6.95. The van der Waals surface area contributed by atoms with Crippen LogP contribution in [0.2, 0.25) is 0 Å².